The number of carbonyl (C=O) groups is 1. The number of rotatable bonds is 4. The number of hydrogen-bond donors (Lipinski definition) is 1. The van der Waals surface area contributed by atoms with Gasteiger partial charge in [0, 0.05) is 12.5 Å². The minimum Gasteiger partial charge on any atom is -0.353 e. The molecule has 1 amide bonds. The molecule has 4 saturated carbocycles. The Kier molecular flexibility index (Phi) is 3.52. The van der Waals surface area contributed by atoms with Crippen molar-refractivity contribution in [1.82, 2.24) is 5.32 Å². The summed E-state index contributed by atoms with van der Waals surface area (Å²) in [5.41, 5.74) is 0. The quantitative estimate of drug-likeness (QED) is 0.845. The van der Waals surface area contributed by atoms with E-state index in [2.05, 4.69) is 11.4 Å². The molecule has 0 spiro atoms. The van der Waals surface area contributed by atoms with Crippen molar-refractivity contribution in [3.8, 4) is 6.07 Å². The maximum Gasteiger partial charge on any atom is 0.221 e. The molecule has 104 valence electrons. The highest BCUT2D eigenvalue weighted by Gasteiger charge is 2.48. The fourth-order valence-corrected chi connectivity index (χ4v) is 4.91. The van der Waals surface area contributed by atoms with Gasteiger partial charge in [-0.2, -0.15) is 5.26 Å². The van der Waals surface area contributed by atoms with Crippen molar-refractivity contribution < 1.29 is 4.79 Å². The zero-order chi connectivity index (χ0) is 13.4. The first-order valence-corrected chi connectivity index (χ1v) is 7.88. The lowest BCUT2D eigenvalue weighted by Crippen LogP contribution is -2.55. The predicted octanol–water partition coefficient (Wildman–Crippen LogP) is 2.87. The Bertz CT molecular complexity index is 370. The van der Waals surface area contributed by atoms with Gasteiger partial charge in [0.1, 0.15) is 0 Å². The Morgan fingerprint density at radius 2 is 1.79 bits per heavy atom. The van der Waals surface area contributed by atoms with Gasteiger partial charge in [-0.25, -0.2) is 0 Å². The van der Waals surface area contributed by atoms with E-state index in [4.69, 9.17) is 5.26 Å². The molecule has 0 aromatic rings. The smallest absolute Gasteiger partial charge is 0.221 e. The van der Waals surface area contributed by atoms with Gasteiger partial charge >= 0.3 is 0 Å². The van der Waals surface area contributed by atoms with Gasteiger partial charge in [0.2, 0.25) is 5.91 Å². The summed E-state index contributed by atoms with van der Waals surface area (Å²) in [7, 11) is 0. The Morgan fingerprint density at radius 3 is 2.26 bits per heavy atom. The lowest BCUT2D eigenvalue weighted by atomic mass is 9.54. The fourth-order valence-electron chi connectivity index (χ4n) is 4.91. The fraction of sp³-hybridized carbons (Fsp3) is 0.875. The molecule has 0 aliphatic heterocycles. The monoisotopic (exact) mass is 260 g/mol. The van der Waals surface area contributed by atoms with Crippen LogP contribution in [0.2, 0.25) is 0 Å². The number of nitrogens with zero attached hydrogens (tertiary/aromatic N) is 1. The summed E-state index contributed by atoms with van der Waals surface area (Å²) < 4.78 is 0. The van der Waals surface area contributed by atoms with E-state index >= 15 is 0 Å². The number of hydrogen-bond acceptors (Lipinski definition) is 2. The van der Waals surface area contributed by atoms with Gasteiger partial charge in [0.15, 0.2) is 0 Å². The van der Waals surface area contributed by atoms with Crippen LogP contribution in [0.1, 0.15) is 51.9 Å². The summed E-state index contributed by atoms with van der Waals surface area (Å²) in [5, 5.41) is 12.2. The molecule has 4 bridgehead atoms. The van der Waals surface area contributed by atoms with E-state index in [1.54, 1.807) is 0 Å². The normalized spacial score (nSPS) is 40.7. The van der Waals surface area contributed by atoms with Gasteiger partial charge in [0.05, 0.1) is 12.0 Å². The second-order valence-electron chi connectivity index (χ2n) is 6.96. The molecule has 0 radical (unpaired) electrons. The largest absolute Gasteiger partial charge is 0.353 e. The number of carbonyl (C=O) groups excluding carboxylic acids is 1. The maximum atomic E-state index is 12.1. The van der Waals surface area contributed by atoms with Crippen LogP contribution in [-0.4, -0.2) is 11.9 Å². The van der Waals surface area contributed by atoms with Gasteiger partial charge in [0.25, 0.3) is 0 Å². The standard InChI is InChI=1S/C16H24N2O/c1-2-10(9-17)8-15(19)18-16-13-4-11-3-12(6-13)7-14(16)5-11/h10-14,16H,2-8H2,1H3,(H,18,19). The van der Waals surface area contributed by atoms with Crippen LogP contribution in [0.15, 0.2) is 0 Å². The zero-order valence-electron chi connectivity index (χ0n) is 11.8. The molecule has 4 fully saturated rings. The van der Waals surface area contributed by atoms with Gasteiger partial charge in [-0.3, -0.25) is 4.79 Å². The SMILES string of the molecule is CCC(C#N)CC(=O)NC1C2CC3CC(C2)CC1C3. The number of nitrogens with one attached hydrogen (secondary N) is 1. The first kappa shape index (κ1) is 13.0. The topological polar surface area (TPSA) is 52.9 Å². The molecule has 3 heteroatoms. The minimum absolute atomic E-state index is 0.103. The van der Waals surface area contributed by atoms with Crippen LogP contribution in [0, 0.1) is 40.9 Å². The molecule has 0 aromatic heterocycles. The summed E-state index contributed by atoms with van der Waals surface area (Å²) in [6.45, 7) is 1.98. The molecule has 1 atom stereocenters. The molecule has 4 aliphatic carbocycles. The zero-order valence-corrected chi connectivity index (χ0v) is 11.8. The lowest BCUT2D eigenvalue weighted by molar-refractivity contribution is -0.125. The first-order chi connectivity index (χ1) is 9.19. The van der Waals surface area contributed by atoms with Crippen molar-refractivity contribution in [3.63, 3.8) is 0 Å². The Hall–Kier alpha value is -1.04. The number of nitriles is 1. The Balaban J connectivity index is 1.58. The molecule has 0 aromatic carbocycles. The van der Waals surface area contributed by atoms with E-state index in [0.717, 1.165) is 30.1 Å². The molecule has 1 N–H and O–H groups in total. The second-order valence-corrected chi connectivity index (χ2v) is 6.96. The average molecular weight is 260 g/mol. The molecule has 4 aliphatic rings. The summed E-state index contributed by atoms with van der Waals surface area (Å²) in [5.74, 6) is 3.32. The van der Waals surface area contributed by atoms with Gasteiger partial charge in [-0.15, -0.1) is 0 Å². The molecule has 0 heterocycles. The average Bonchev–Trinajstić information content (AvgIpc) is 2.39. The highest BCUT2D eigenvalue weighted by molar-refractivity contribution is 5.77. The summed E-state index contributed by atoms with van der Waals surface area (Å²) in [6.07, 6.45) is 7.91. The minimum atomic E-state index is -0.114. The highest BCUT2D eigenvalue weighted by Crippen LogP contribution is 2.53. The van der Waals surface area contributed by atoms with E-state index in [1.165, 1.54) is 32.1 Å². The third-order valence-corrected chi connectivity index (χ3v) is 5.66. The summed E-state index contributed by atoms with van der Waals surface area (Å²) in [6, 6.07) is 2.64. The van der Waals surface area contributed by atoms with E-state index in [-0.39, 0.29) is 11.8 Å². The van der Waals surface area contributed by atoms with Crippen LogP contribution in [0.3, 0.4) is 0 Å². The van der Waals surface area contributed by atoms with E-state index < -0.39 is 0 Å². The van der Waals surface area contributed by atoms with E-state index in [0.29, 0.717) is 12.5 Å². The van der Waals surface area contributed by atoms with Crippen molar-refractivity contribution >= 4 is 5.91 Å². The molecule has 19 heavy (non-hydrogen) atoms. The van der Waals surface area contributed by atoms with Crippen LogP contribution in [-0.2, 0) is 4.79 Å². The summed E-state index contributed by atoms with van der Waals surface area (Å²) >= 11 is 0. The Morgan fingerprint density at radius 1 is 1.21 bits per heavy atom. The van der Waals surface area contributed by atoms with E-state index in [1.807, 2.05) is 6.92 Å². The van der Waals surface area contributed by atoms with Crippen LogP contribution < -0.4 is 5.32 Å². The van der Waals surface area contributed by atoms with Crippen LogP contribution in [0.25, 0.3) is 0 Å². The maximum absolute atomic E-state index is 12.1. The molecule has 0 saturated heterocycles. The second kappa shape index (κ2) is 5.15. The van der Waals surface area contributed by atoms with Crippen LogP contribution >= 0.6 is 0 Å². The third-order valence-electron chi connectivity index (χ3n) is 5.66. The van der Waals surface area contributed by atoms with Crippen molar-refractivity contribution in [1.29, 1.82) is 5.26 Å². The third kappa shape index (κ3) is 2.50. The van der Waals surface area contributed by atoms with Gasteiger partial charge < -0.3 is 5.32 Å². The number of amides is 1. The molecule has 1 unspecified atom stereocenters. The molecule has 4 rings (SSSR count). The lowest BCUT2D eigenvalue weighted by Gasteiger charge is -2.54. The Labute approximate surface area is 115 Å². The predicted molar refractivity (Wildman–Crippen MR) is 73.0 cm³/mol. The van der Waals surface area contributed by atoms with Crippen LogP contribution in [0.5, 0.6) is 0 Å². The van der Waals surface area contributed by atoms with Gasteiger partial charge in [-0.05, 0) is 62.2 Å². The highest BCUT2D eigenvalue weighted by atomic mass is 16.1. The van der Waals surface area contributed by atoms with Crippen molar-refractivity contribution in [2.75, 3.05) is 0 Å². The molecule has 3 nitrogen and oxygen atoms in total. The van der Waals surface area contributed by atoms with Crippen molar-refractivity contribution in [2.45, 2.75) is 57.9 Å². The van der Waals surface area contributed by atoms with Crippen molar-refractivity contribution in [3.05, 3.63) is 0 Å². The van der Waals surface area contributed by atoms with Gasteiger partial charge in [-0.1, -0.05) is 6.92 Å². The molecular weight excluding hydrogens is 236 g/mol. The van der Waals surface area contributed by atoms with Crippen molar-refractivity contribution in [2.24, 2.45) is 29.6 Å². The van der Waals surface area contributed by atoms with E-state index in [9.17, 15) is 4.79 Å². The van der Waals surface area contributed by atoms with Crippen LogP contribution in [0.4, 0.5) is 0 Å². The molecular formula is C16H24N2O. The summed E-state index contributed by atoms with van der Waals surface area (Å²) in [4.78, 5) is 12.1. The first-order valence-electron chi connectivity index (χ1n) is 7.88.